The van der Waals surface area contributed by atoms with E-state index in [1.54, 1.807) is 19.1 Å². The Labute approximate surface area is 93.8 Å². The lowest BCUT2D eigenvalue weighted by Crippen LogP contribution is -2.45. The number of rotatable bonds is 1. The van der Waals surface area contributed by atoms with Crippen molar-refractivity contribution in [3.05, 3.63) is 18.2 Å². The van der Waals surface area contributed by atoms with Gasteiger partial charge >= 0.3 is 0 Å². The van der Waals surface area contributed by atoms with Crippen molar-refractivity contribution in [3.8, 4) is 11.5 Å². The van der Waals surface area contributed by atoms with Crippen LogP contribution in [0.4, 0.5) is 5.69 Å². The van der Waals surface area contributed by atoms with Crippen molar-refractivity contribution in [1.29, 1.82) is 0 Å². The minimum absolute atomic E-state index is 0.0493. The topological polar surface area (TPSA) is 38.8 Å². The summed E-state index contributed by atoms with van der Waals surface area (Å²) in [4.78, 5) is 13.7. The highest BCUT2D eigenvalue weighted by Crippen LogP contribution is 2.49. The van der Waals surface area contributed by atoms with Crippen LogP contribution >= 0.6 is 0 Å². The molecule has 1 spiro atoms. The molecule has 1 amide bonds. The first kappa shape index (κ1) is 9.51. The molecule has 1 aromatic carbocycles. The van der Waals surface area contributed by atoms with E-state index in [2.05, 4.69) is 0 Å². The molecule has 0 bridgehead atoms. The van der Waals surface area contributed by atoms with Crippen molar-refractivity contribution < 1.29 is 14.3 Å². The Bertz CT molecular complexity index is 465. The molecule has 0 radical (unpaired) electrons. The van der Waals surface area contributed by atoms with E-state index < -0.39 is 5.60 Å². The van der Waals surface area contributed by atoms with Crippen LogP contribution in [0.15, 0.2) is 18.2 Å². The first-order valence-electron chi connectivity index (χ1n) is 5.31. The van der Waals surface area contributed by atoms with Gasteiger partial charge in [-0.1, -0.05) is 0 Å². The number of hydrogen-bond acceptors (Lipinski definition) is 3. The van der Waals surface area contributed by atoms with E-state index in [-0.39, 0.29) is 5.91 Å². The summed E-state index contributed by atoms with van der Waals surface area (Å²) in [5, 5.41) is 0. The Hall–Kier alpha value is -1.71. The third kappa shape index (κ3) is 1.13. The zero-order valence-corrected chi connectivity index (χ0v) is 9.32. The third-order valence-electron chi connectivity index (χ3n) is 3.23. The molecule has 2 aliphatic rings. The molecule has 1 aliphatic heterocycles. The third-order valence-corrected chi connectivity index (χ3v) is 3.23. The van der Waals surface area contributed by atoms with Crippen molar-refractivity contribution >= 4 is 11.6 Å². The largest absolute Gasteiger partial charge is 0.497 e. The number of ether oxygens (including phenoxy) is 2. The second-order valence-corrected chi connectivity index (χ2v) is 4.29. The fourth-order valence-corrected chi connectivity index (χ4v) is 2.07. The summed E-state index contributed by atoms with van der Waals surface area (Å²) in [6.07, 6.45) is 1.64. The maximum atomic E-state index is 12.0. The highest BCUT2D eigenvalue weighted by Gasteiger charge is 2.57. The Kier molecular flexibility index (Phi) is 1.73. The number of carbonyl (C=O) groups excluding carboxylic acids is 1. The number of hydrogen-bond donors (Lipinski definition) is 0. The van der Waals surface area contributed by atoms with Crippen molar-refractivity contribution in [2.24, 2.45) is 0 Å². The van der Waals surface area contributed by atoms with Gasteiger partial charge in [-0.2, -0.15) is 0 Å². The SMILES string of the molecule is COc1ccc2c(c1)N(C)C(=O)C1(CC1)O2. The number of amides is 1. The Balaban J connectivity index is 2.08. The monoisotopic (exact) mass is 219 g/mol. The summed E-state index contributed by atoms with van der Waals surface area (Å²) in [5.74, 6) is 1.54. The standard InChI is InChI=1S/C12H13NO3/c1-13-9-7-8(15-2)3-4-10(9)16-12(5-6-12)11(13)14/h3-4,7H,5-6H2,1-2H3. The minimum Gasteiger partial charge on any atom is -0.497 e. The predicted molar refractivity (Wildman–Crippen MR) is 59.0 cm³/mol. The molecule has 0 N–H and O–H groups in total. The molecule has 1 heterocycles. The molecule has 0 unspecified atom stereocenters. The molecule has 0 atom stereocenters. The van der Waals surface area contributed by atoms with Gasteiger partial charge in [-0.25, -0.2) is 0 Å². The lowest BCUT2D eigenvalue weighted by Gasteiger charge is -2.32. The molecule has 1 fully saturated rings. The van der Waals surface area contributed by atoms with Crippen molar-refractivity contribution in [1.82, 2.24) is 0 Å². The van der Waals surface area contributed by atoms with Gasteiger partial charge in [0.05, 0.1) is 12.8 Å². The quantitative estimate of drug-likeness (QED) is 0.719. The zero-order valence-electron chi connectivity index (χ0n) is 9.32. The molecular formula is C12H13NO3. The maximum Gasteiger partial charge on any atom is 0.271 e. The second kappa shape index (κ2) is 2.90. The normalized spacial score (nSPS) is 20.4. The summed E-state index contributed by atoms with van der Waals surface area (Å²) in [6, 6.07) is 5.53. The number of likely N-dealkylation sites (N-methyl/N-ethyl adjacent to an activating group) is 1. The Morgan fingerprint density at radius 1 is 1.44 bits per heavy atom. The molecule has 0 saturated heterocycles. The van der Waals surface area contributed by atoms with Crippen LogP contribution < -0.4 is 14.4 Å². The number of anilines is 1. The molecular weight excluding hydrogens is 206 g/mol. The van der Waals surface area contributed by atoms with Gasteiger partial charge in [-0.15, -0.1) is 0 Å². The van der Waals surface area contributed by atoms with E-state index in [9.17, 15) is 4.79 Å². The van der Waals surface area contributed by atoms with Gasteiger partial charge < -0.3 is 14.4 Å². The summed E-state index contributed by atoms with van der Waals surface area (Å²) in [5.41, 5.74) is 0.220. The average Bonchev–Trinajstić information content (AvgIpc) is 3.07. The van der Waals surface area contributed by atoms with E-state index in [0.29, 0.717) is 0 Å². The highest BCUT2D eigenvalue weighted by atomic mass is 16.5. The maximum absolute atomic E-state index is 12.0. The van der Waals surface area contributed by atoms with Gasteiger partial charge in [-0.05, 0) is 12.1 Å². The lowest BCUT2D eigenvalue weighted by atomic mass is 10.1. The summed E-state index contributed by atoms with van der Waals surface area (Å²) in [7, 11) is 3.39. The lowest BCUT2D eigenvalue weighted by molar-refractivity contribution is -0.127. The van der Waals surface area contributed by atoms with Crippen LogP contribution in [-0.2, 0) is 4.79 Å². The van der Waals surface area contributed by atoms with Crippen molar-refractivity contribution in [3.63, 3.8) is 0 Å². The van der Waals surface area contributed by atoms with Crippen LogP contribution in [0.25, 0.3) is 0 Å². The number of methoxy groups -OCH3 is 1. The molecule has 84 valence electrons. The van der Waals surface area contributed by atoms with Crippen LogP contribution in [0.3, 0.4) is 0 Å². The molecule has 4 heteroatoms. The van der Waals surface area contributed by atoms with Gasteiger partial charge in [0.15, 0.2) is 5.60 Å². The van der Waals surface area contributed by atoms with Gasteiger partial charge in [0.25, 0.3) is 5.91 Å². The van der Waals surface area contributed by atoms with E-state index >= 15 is 0 Å². The highest BCUT2D eigenvalue weighted by molar-refractivity contribution is 6.04. The van der Waals surface area contributed by atoms with Gasteiger partial charge in [0.2, 0.25) is 0 Å². The number of fused-ring (bicyclic) bond motifs is 1. The van der Waals surface area contributed by atoms with E-state index in [0.717, 1.165) is 30.0 Å². The summed E-state index contributed by atoms with van der Waals surface area (Å²) >= 11 is 0. The first-order valence-corrected chi connectivity index (χ1v) is 5.31. The first-order chi connectivity index (χ1) is 7.66. The zero-order chi connectivity index (χ0) is 11.3. The molecule has 3 rings (SSSR count). The average molecular weight is 219 g/mol. The van der Waals surface area contributed by atoms with Crippen LogP contribution in [-0.4, -0.2) is 25.7 Å². The smallest absolute Gasteiger partial charge is 0.271 e. The van der Waals surface area contributed by atoms with E-state index in [1.165, 1.54) is 0 Å². The number of carbonyl (C=O) groups is 1. The number of benzene rings is 1. The molecule has 4 nitrogen and oxygen atoms in total. The summed E-state index contributed by atoms with van der Waals surface area (Å²) in [6.45, 7) is 0. The molecule has 1 aliphatic carbocycles. The minimum atomic E-state index is -0.559. The van der Waals surface area contributed by atoms with Crippen LogP contribution in [0, 0.1) is 0 Å². The molecule has 1 aromatic rings. The molecule has 1 saturated carbocycles. The van der Waals surface area contributed by atoms with E-state index in [4.69, 9.17) is 9.47 Å². The summed E-state index contributed by atoms with van der Waals surface area (Å²) < 4.78 is 10.9. The van der Waals surface area contributed by atoms with Crippen LogP contribution in [0.2, 0.25) is 0 Å². The second-order valence-electron chi connectivity index (χ2n) is 4.29. The molecule has 0 aromatic heterocycles. The fraction of sp³-hybridized carbons (Fsp3) is 0.417. The Morgan fingerprint density at radius 2 is 2.19 bits per heavy atom. The fourth-order valence-electron chi connectivity index (χ4n) is 2.07. The molecule has 16 heavy (non-hydrogen) atoms. The Morgan fingerprint density at radius 3 is 2.81 bits per heavy atom. The van der Waals surface area contributed by atoms with E-state index in [1.807, 2.05) is 18.2 Å². The van der Waals surface area contributed by atoms with Crippen molar-refractivity contribution in [2.75, 3.05) is 19.1 Å². The van der Waals surface area contributed by atoms with Crippen molar-refractivity contribution in [2.45, 2.75) is 18.4 Å². The number of nitrogens with zero attached hydrogens (tertiary/aromatic N) is 1. The predicted octanol–water partition coefficient (Wildman–Crippen LogP) is 1.58. The van der Waals surface area contributed by atoms with Gasteiger partial charge in [0, 0.05) is 26.0 Å². The van der Waals surface area contributed by atoms with Crippen LogP contribution in [0.5, 0.6) is 11.5 Å². The van der Waals surface area contributed by atoms with Crippen LogP contribution in [0.1, 0.15) is 12.8 Å². The van der Waals surface area contributed by atoms with Gasteiger partial charge in [0.1, 0.15) is 11.5 Å². The van der Waals surface area contributed by atoms with Gasteiger partial charge in [-0.3, -0.25) is 4.79 Å².